The third-order valence-corrected chi connectivity index (χ3v) is 5.50. The van der Waals surface area contributed by atoms with Crippen LogP contribution in [-0.4, -0.2) is 54.6 Å². The molecule has 32 heavy (non-hydrogen) atoms. The molecule has 2 aromatic rings. The number of carbonyl (C=O) groups excluding carboxylic acids is 2. The molecule has 2 aliphatic heterocycles. The Morgan fingerprint density at radius 2 is 1.88 bits per heavy atom. The molecule has 170 valence electrons. The molecule has 2 saturated heterocycles. The molecule has 0 bridgehead atoms. The molecule has 0 spiro atoms. The fourth-order valence-corrected chi connectivity index (χ4v) is 3.73. The van der Waals surface area contributed by atoms with Gasteiger partial charge in [0.15, 0.2) is 11.6 Å². The van der Waals surface area contributed by atoms with Crippen LogP contribution in [0.15, 0.2) is 36.5 Å². The van der Waals surface area contributed by atoms with Crippen LogP contribution < -0.4 is 9.64 Å². The molecule has 1 aromatic carbocycles. The SMILES string of the molecule is COc1cnc(N2CC(=O)N(Cc3ccc(C(F)(F)F)cc3)[C@H](C3COC3)C2=O)c(F)c1. The van der Waals surface area contributed by atoms with Gasteiger partial charge in [0, 0.05) is 18.5 Å². The van der Waals surface area contributed by atoms with Crippen LogP contribution in [0, 0.1) is 11.7 Å². The topological polar surface area (TPSA) is 72.0 Å². The van der Waals surface area contributed by atoms with Crippen molar-refractivity contribution in [3.8, 4) is 5.75 Å². The number of methoxy groups -OCH3 is 1. The van der Waals surface area contributed by atoms with E-state index in [4.69, 9.17) is 9.47 Å². The fourth-order valence-electron chi connectivity index (χ4n) is 3.73. The first-order valence-corrected chi connectivity index (χ1v) is 9.73. The number of hydrogen-bond acceptors (Lipinski definition) is 5. The highest BCUT2D eigenvalue weighted by molar-refractivity contribution is 6.06. The third-order valence-electron chi connectivity index (χ3n) is 5.50. The van der Waals surface area contributed by atoms with Crippen LogP contribution in [-0.2, 0) is 27.0 Å². The highest BCUT2D eigenvalue weighted by atomic mass is 19.4. The lowest BCUT2D eigenvalue weighted by Crippen LogP contribution is -2.65. The van der Waals surface area contributed by atoms with Gasteiger partial charge in [-0.2, -0.15) is 13.2 Å². The van der Waals surface area contributed by atoms with Gasteiger partial charge in [0.25, 0.3) is 5.91 Å². The molecule has 0 unspecified atom stereocenters. The Morgan fingerprint density at radius 1 is 1.19 bits per heavy atom. The molecular weight excluding hydrogens is 434 g/mol. The van der Waals surface area contributed by atoms with E-state index in [0.717, 1.165) is 23.1 Å². The molecule has 2 aliphatic rings. The van der Waals surface area contributed by atoms with E-state index < -0.39 is 42.0 Å². The third kappa shape index (κ3) is 4.12. The molecule has 0 saturated carbocycles. The second kappa shape index (κ2) is 8.38. The van der Waals surface area contributed by atoms with Crippen LogP contribution in [0.4, 0.5) is 23.4 Å². The molecule has 2 amide bonds. The minimum atomic E-state index is -4.48. The van der Waals surface area contributed by atoms with Crippen molar-refractivity contribution >= 4 is 17.6 Å². The van der Waals surface area contributed by atoms with Crippen molar-refractivity contribution in [2.75, 3.05) is 31.8 Å². The summed E-state index contributed by atoms with van der Waals surface area (Å²) in [7, 11) is 1.34. The van der Waals surface area contributed by atoms with Crippen LogP contribution >= 0.6 is 0 Å². The number of rotatable bonds is 5. The Morgan fingerprint density at radius 3 is 2.41 bits per heavy atom. The van der Waals surface area contributed by atoms with Crippen molar-refractivity contribution < 1.29 is 36.6 Å². The van der Waals surface area contributed by atoms with Crippen molar-refractivity contribution in [3.05, 3.63) is 53.5 Å². The summed E-state index contributed by atoms with van der Waals surface area (Å²) in [5.41, 5.74) is -0.370. The summed E-state index contributed by atoms with van der Waals surface area (Å²) in [6, 6.07) is 4.51. The zero-order chi connectivity index (χ0) is 23.0. The first-order valence-electron chi connectivity index (χ1n) is 9.73. The number of anilines is 1. The minimum Gasteiger partial charge on any atom is -0.495 e. The Balaban J connectivity index is 1.61. The summed E-state index contributed by atoms with van der Waals surface area (Å²) in [5.74, 6) is -2.26. The van der Waals surface area contributed by atoms with Crippen molar-refractivity contribution in [1.29, 1.82) is 0 Å². The number of pyridine rings is 1. The van der Waals surface area contributed by atoms with Gasteiger partial charge in [-0.05, 0) is 17.7 Å². The molecular formula is C21H19F4N3O4. The minimum absolute atomic E-state index is 0.0593. The lowest BCUT2D eigenvalue weighted by atomic mass is 9.92. The van der Waals surface area contributed by atoms with Crippen LogP contribution in [0.25, 0.3) is 0 Å². The summed E-state index contributed by atoms with van der Waals surface area (Å²) >= 11 is 0. The monoisotopic (exact) mass is 453 g/mol. The molecule has 0 aliphatic carbocycles. The first kappa shape index (κ1) is 22.0. The quantitative estimate of drug-likeness (QED) is 0.651. The standard InChI is InChI=1S/C21H19F4N3O4/c1-31-15-6-16(22)19(26-7-15)28-9-17(29)27(18(20(28)30)13-10-32-11-13)8-12-2-4-14(5-3-12)21(23,24)25/h2-7,13,18H,8-11H2,1H3/t18-/m1/s1. The van der Waals surface area contributed by atoms with Crippen molar-refractivity contribution in [3.63, 3.8) is 0 Å². The summed E-state index contributed by atoms with van der Waals surface area (Å²) in [6.07, 6.45) is -3.23. The van der Waals surface area contributed by atoms with E-state index in [9.17, 15) is 27.2 Å². The Bertz CT molecular complexity index is 1020. The number of halogens is 4. The molecule has 11 heteroatoms. The normalized spacial score (nSPS) is 19.8. The molecule has 7 nitrogen and oxygen atoms in total. The zero-order valence-corrected chi connectivity index (χ0v) is 16.9. The highest BCUT2D eigenvalue weighted by Crippen LogP contribution is 2.32. The lowest BCUT2D eigenvalue weighted by molar-refractivity contribution is -0.155. The first-order chi connectivity index (χ1) is 15.2. The smallest absolute Gasteiger partial charge is 0.416 e. The van der Waals surface area contributed by atoms with Gasteiger partial charge in [-0.25, -0.2) is 9.37 Å². The van der Waals surface area contributed by atoms with E-state index in [0.29, 0.717) is 5.56 Å². The van der Waals surface area contributed by atoms with Crippen molar-refractivity contribution in [2.45, 2.75) is 18.8 Å². The van der Waals surface area contributed by atoms with Gasteiger partial charge in [-0.1, -0.05) is 12.1 Å². The highest BCUT2D eigenvalue weighted by Gasteiger charge is 2.47. The second-order valence-corrected chi connectivity index (χ2v) is 7.56. The Hall–Kier alpha value is -3.21. The van der Waals surface area contributed by atoms with Gasteiger partial charge >= 0.3 is 6.18 Å². The van der Waals surface area contributed by atoms with Gasteiger partial charge in [0.2, 0.25) is 5.91 Å². The second-order valence-electron chi connectivity index (χ2n) is 7.56. The van der Waals surface area contributed by atoms with E-state index in [1.165, 1.54) is 30.3 Å². The van der Waals surface area contributed by atoms with Gasteiger partial charge < -0.3 is 14.4 Å². The van der Waals surface area contributed by atoms with Crippen LogP contribution in [0.3, 0.4) is 0 Å². The Kier molecular flexibility index (Phi) is 5.76. The van der Waals surface area contributed by atoms with Gasteiger partial charge in [0.05, 0.1) is 32.1 Å². The van der Waals surface area contributed by atoms with E-state index >= 15 is 0 Å². The maximum Gasteiger partial charge on any atom is 0.416 e. The zero-order valence-electron chi connectivity index (χ0n) is 16.9. The van der Waals surface area contributed by atoms with E-state index in [-0.39, 0.29) is 37.2 Å². The summed E-state index contributed by atoms with van der Waals surface area (Å²) < 4.78 is 63.1. The predicted octanol–water partition coefficient (Wildman–Crippen LogP) is 2.64. The number of nitrogens with zero attached hydrogens (tertiary/aromatic N) is 3. The van der Waals surface area contributed by atoms with Gasteiger partial charge in [-0.3, -0.25) is 14.5 Å². The number of ether oxygens (including phenoxy) is 2. The van der Waals surface area contributed by atoms with E-state index in [2.05, 4.69) is 4.98 Å². The largest absolute Gasteiger partial charge is 0.495 e. The van der Waals surface area contributed by atoms with E-state index in [1.807, 2.05) is 0 Å². The molecule has 1 aromatic heterocycles. The number of piperazine rings is 1. The summed E-state index contributed by atoms with van der Waals surface area (Å²) in [5, 5.41) is 0. The van der Waals surface area contributed by atoms with Gasteiger partial charge in [0.1, 0.15) is 18.3 Å². The number of amides is 2. The number of benzene rings is 1. The maximum atomic E-state index is 14.5. The average Bonchev–Trinajstić information content (AvgIpc) is 2.71. The molecule has 3 heterocycles. The lowest BCUT2D eigenvalue weighted by Gasteiger charge is -2.45. The number of carbonyl (C=O) groups is 2. The number of hydrogen-bond donors (Lipinski definition) is 0. The molecule has 1 atom stereocenters. The molecule has 0 N–H and O–H groups in total. The summed E-state index contributed by atoms with van der Waals surface area (Å²) in [6.45, 7) is -0.0326. The predicted molar refractivity (Wildman–Crippen MR) is 103 cm³/mol. The Labute approximate surface area is 180 Å². The van der Waals surface area contributed by atoms with Gasteiger partial charge in [-0.15, -0.1) is 0 Å². The molecule has 4 rings (SSSR count). The van der Waals surface area contributed by atoms with Crippen LogP contribution in [0.2, 0.25) is 0 Å². The summed E-state index contributed by atoms with van der Waals surface area (Å²) in [4.78, 5) is 32.5. The van der Waals surface area contributed by atoms with Crippen LogP contribution in [0.1, 0.15) is 11.1 Å². The fraction of sp³-hybridized carbons (Fsp3) is 0.381. The van der Waals surface area contributed by atoms with Crippen LogP contribution in [0.5, 0.6) is 5.75 Å². The number of aromatic nitrogens is 1. The number of alkyl halides is 3. The van der Waals surface area contributed by atoms with E-state index in [1.54, 1.807) is 0 Å². The average molecular weight is 453 g/mol. The molecule has 0 radical (unpaired) electrons. The van der Waals surface area contributed by atoms with Crippen molar-refractivity contribution in [1.82, 2.24) is 9.88 Å². The van der Waals surface area contributed by atoms with Crippen molar-refractivity contribution in [2.24, 2.45) is 5.92 Å². The maximum absolute atomic E-state index is 14.5. The molecule has 2 fully saturated rings.